The summed E-state index contributed by atoms with van der Waals surface area (Å²) in [6.07, 6.45) is 0. The van der Waals surface area contributed by atoms with Gasteiger partial charge in [-0.05, 0) is 36.2 Å². The molecule has 0 bridgehead atoms. The number of hydrogen-bond acceptors (Lipinski definition) is 2. The molecule has 0 aromatic heterocycles. The lowest BCUT2D eigenvalue weighted by Crippen LogP contribution is -2.10. The van der Waals surface area contributed by atoms with E-state index < -0.39 is 0 Å². The molecule has 0 atom stereocenters. The maximum Gasteiger partial charge on any atom is 0.105 e. The van der Waals surface area contributed by atoms with E-state index in [2.05, 4.69) is 24.4 Å². The first-order valence-electron chi connectivity index (χ1n) is 5.95. The molecule has 2 rings (SSSR count). The molecule has 0 fully saturated rings. The Morgan fingerprint density at radius 1 is 1.26 bits per heavy atom. The number of nitrogens with two attached hydrogens (primary N) is 1. The normalized spacial score (nSPS) is 10.2. The van der Waals surface area contributed by atoms with Crippen molar-refractivity contribution in [2.45, 2.75) is 13.5 Å². The molecule has 98 valence electrons. The molecule has 0 aliphatic heterocycles. The van der Waals surface area contributed by atoms with Gasteiger partial charge < -0.3 is 11.1 Å². The lowest BCUT2D eigenvalue weighted by Gasteiger charge is -2.10. The Balaban J connectivity index is 2.11. The molecule has 0 unspecified atom stereocenters. The van der Waals surface area contributed by atoms with Crippen LogP contribution >= 0.6 is 23.8 Å². The molecule has 0 heterocycles. The third-order valence-electron chi connectivity index (χ3n) is 2.98. The van der Waals surface area contributed by atoms with Crippen LogP contribution < -0.4 is 11.1 Å². The molecule has 2 aromatic rings. The Labute approximate surface area is 123 Å². The Morgan fingerprint density at radius 3 is 2.63 bits per heavy atom. The molecule has 2 nitrogen and oxygen atoms in total. The summed E-state index contributed by atoms with van der Waals surface area (Å²) in [4.78, 5) is 0.315. The van der Waals surface area contributed by atoms with E-state index in [0.717, 1.165) is 12.2 Å². The number of hydrogen-bond donors (Lipinski definition) is 2. The van der Waals surface area contributed by atoms with Gasteiger partial charge in [0.25, 0.3) is 0 Å². The quantitative estimate of drug-likeness (QED) is 0.839. The first-order valence-corrected chi connectivity index (χ1v) is 6.74. The maximum absolute atomic E-state index is 6.13. The summed E-state index contributed by atoms with van der Waals surface area (Å²) in [6, 6.07) is 13.9. The van der Waals surface area contributed by atoms with Crippen LogP contribution in [0.3, 0.4) is 0 Å². The highest BCUT2D eigenvalue weighted by Crippen LogP contribution is 2.21. The standard InChI is InChI=1S/C15H15ClN2S/c1-10-4-2-3-5-11(10)9-18-12-6-7-13(15(17)19)14(16)8-12/h2-8,18H,9H2,1H3,(H2,17,19). The fraction of sp³-hybridized carbons (Fsp3) is 0.133. The second-order valence-corrected chi connectivity index (χ2v) is 5.19. The van der Waals surface area contributed by atoms with E-state index in [0.29, 0.717) is 15.6 Å². The van der Waals surface area contributed by atoms with Gasteiger partial charge in [-0.2, -0.15) is 0 Å². The van der Waals surface area contributed by atoms with E-state index in [1.807, 2.05) is 30.3 Å². The smallest absolute Gasteiger partial charge is 0.105 e. The molecule has 0 radical (unpaired) electrons. The molecule has 0 aliphatic rings. The maximum atomic E-state index is 6.13. The Kier molecular flexibility index (Phi) is 4.40. The minimum Gasteiger partial charge on any atom is -0.389 e. The van der Waals surface area contributed by atoms with Crippen molar-refractivity contribution in [2.24, 2.45) is 5.73 Å². The van der Waals surface area contributed by atoms with E-state index in [9.17, 15) is 0 Å². The van der Waals surface area contributed by atoms with Gasteiger partial charge in [-0.3, -0.25) is 0 Å². The van der Waals surface area contributed by atoms with Gasteiger partial charge in [-0.15, -0.1) is 0 Å². The van der Waals surface area contributed by atoms with Crippen LogP contribution in [-0.2, 0) is 6.54 Å². The zero-order valence-electron chi connectivity index (χ0n) is 10.6. The number of nitrogens with one attached hydrogen (secondary N) is 1. The van der Waals surface area contributed by atoms with Crippen LogP contribution in [0.5, 0.6) is 0 Å². The molecular weight excluding hydrogens is 276 g/mol. The summed E-state index contributed by atoms with van der Waals surface area (Å²) in [5, 5.41) is 3.91. The molecular formula is C15H15ClN2S. The minimum absolute atomic E-state index is 0.315. The van der Waals surface area contributed by atoms with Crippen molar-refractivity contribution in [1.82, 2.24) is 0 Å². The van der Waals surface area contributed by atoms with Crippen molar-refractivity contribution in [3.8, 4) is 0 Å². The Morgan fingerprint density at radius 2 is 2.00 bits per heavy atom. The van der Waals surface area contributed by atoms with E-state index in [1.54, 1.807) is 0 Å². The highest BCUT2D eigenvalue weighted by atomic mass is 35.5. The molecule has 2 aromatic carbocycles. The van der Waals surface area contributed by atoms with Crippen LogP contribution in [-0.4, -0.2) is 4.99 Å². The summed E-state index contributed by atoms with van der Waals surface area (Å²) < 4.78 is 0. The zero-order valence-corrected chi connectivity index (χ0v) is 12.2. The molecule has 0 amide bonds. The predicted octanol–water partition coefficient (Wildman–Crippen LogP) is 3.89. The number of anilines is 1. The molecule has 0 saturated heterocycles. The molecule has 0 saturated carbocycles. The second-order valence-electron chi connectivity index (χ2n) is 4.34. The van der Waals surface area contributed by atoms with Crippen LogP contribution in [0.15, 0.2) is 42.5 Å². The van der Waals surface area contributed by atoms with Gasteiger partial charge in [-0.25, -0.2) is 0 Å². The first kappa shape index (κ1) is 13.8. The molecule has 4 heteroatoms. The molecule has 0 aliphatic carbocycles. The summed E-state index contributed by atoms with van der Waals surface area (Å²) in [5.41, 5.74) is 9.76. The highest BCUT2D eigenvalue weighted by Gasteiger charge is 2.04. The van der Waals surface area contributed by atoms with Crippen molar-refractivity contribution < 1.29 is 0 Å². The van der Waals surface area contributed by atoms with Gasteiger partial charge in [0.1, 0.15) is 4.99 Å². The first-order chi connectivity index (χ1) is 9.08. The van der Waals surface area contributed by atoms with E-state index in [4.69, 9.17) is 29.6 Å². The van der Waals surface area contributed by atoms with Crippen molar-refractivity contribution >= 4 is 34.5 Å². The van der Waals surface area contributed by atoms with E-state index >= 15 is 0 Å². The van der Waals surface area contributed by atoms with Gasteiger partial charge in [-0.1, -0.05) is 48.1 Å². The van der Waals surface area contributed by atoms with Crippen molar-refractivity contribution in [2.75, 3.05) is 5.32 Å². The summed E-state index contributed by atoms with van der Waals surface area (Å²) in [5.74, 6) is 0. The van der Waals surface area contributed by atoms with E-state index in [-0.39, 0.29) is 0 Å². The highest BCUT2D eigenvalue weighted by molar-refractivity contribution is 7.80. The summed E-state index contributed by atoms with van der Waals surface area (Å²) in [7, 11) is 0. The van der Waals surface area contributed by atoms with Crippen LogP contribution in [0.2, 0.25) is 5.02 Å². The summed E-state index contributed by atoms with van der Waals surface area (Å²) in [6.45, 7) is 2.86. The van der Waals surface area contributed by atoms with Crippen LogP contribution in [0.4, 0.5) is 5.69 Å². The number of thiocarbonyl (C=S) groups is 1. The third-order valence-corrected chi connectivity index (χ3v) is 3.51. The van der Waals surface area contributed by atoms with Crippen molar-refractivity contribution in [3.05, 3.63) is 64.2 Å². The molecule has 3 N–H and O–H groups in total. The number of rotatable bonds is 4. The largest absolute Gasteiger partial charge is 0.389 e. The fourth-order valence-corrected chi connectivity index (χ4v) is 2.35. The number of aryl methyl sites for hydroxylation is 1. The second kappa shape index (κ2) is 6.04. The van der Waals surface area contributed by atoms with Gasteiger partial charge in [0.2, 0.25) is 0 Å². The van der Waals surface area contributed by atoms with Gasteiger partial charge in [0, 0.05) is 17.8 Å². The Bertz CT molecular complexity index is 611. The van der Waals surface area contributed by atoms with E-state index in [1.165, 1.54) is 11.1 Å². The Hall–Kier alpha value is -1.58. The van der Waals surface area contributed by atoms with Crippen molar-refractivity contribution in [3.63, 3.8) is 0 Å². The van der Waals surface area contributed by atoms with Gasteiger partial charge in [0.15, 0.2) is 0 Å². The minimum atomic E-state index is 0.315. The third kappa shape index (κ3) is 3.46. The van der Waals surface area contributed by atoms with Gasteiger partial charge in [0.05, 0.1) is 5.02 Å². The lowest BCUT2D eigenvalue weighted by atomic mass is 10.1. The monoisotopic (exact) mass is 290 g/mol. The molecule has 0 spiro atoms. The molecule has 19 heavy (non-hydrogen) atoms. The lowest BCUT2D eigenvalue weighted by molar-refractivity contribution is 1.12. The number of halogens is 1. The predicted molar refractivity (Wildman–Crippen MR) is 85.8 cm³/mol. The zero-order chi connectivity index (χ0) is 13.8. The summed E-state index contributed by atoms with van der Waals surface area (Å²) >= 11 is 11.1. The average Bonchev–Trinajstić information content (AvgIpc) is 2.37. The van der Waals surface area contributed by atoms with Gasteiger partial charge >= 0.3 is 0 Å². The van der Waals surface area contributed by atoms with Crippen LogP contribution in [0.25, 0.3) is 0 Å². The van der Waals surface area contributed by atoms with Crippen LogP contribution in [0.1, 0.15) is 16.7 Å². The average molecular weight is 291 g/mol. The SMILES string of the molecule is Cc1ccccc1CNc1ccc(C(N)=S)c(Cl)c1. The van der Waals surface area contributed by atoms with Crippen molar-refractivity contribution in [1.29, 1.82) is 0 Å². The fourth-order valence-electron chi connectivity index (χ4n) is 1.83. The topological polar surface area (TPSA) is 38.0 Å². The number of benzene rings is 2. The van der Waals surface area contributed by atoms with Crippen LogP contribution in [0, 0.1) is 6.92 Å².